The van der Waals surface area contributed by atoms with Crippen LogP contribution in [0.5, 0.6) is 23.0 Å². The van der Waals surface area contributed by atoms with Crippen LogP contribution in [-0.2, 0) is 73.1 Å². The number of aromatic nitrogens is 3. The molecule has 0 aliphatic carbocycles. The number of rotatable bonds is 10. The molecule has 0 radical (unpaired) electrons. The van der Waals surface area contributed by atoms with Crippen LogP contribution < -0.4 is 46.4 Å². The van der Waals surface area contributed by atoms with Gasteiger partial charge in [0.05, 0.1) is 39.6 Å². The lowest BCUT2D eigenvalue weighted by molar-refractivity contribution is 0.165. The minimum Gasteiger partial charge on any atom is -0.496 e. The number of fused-ring (bicyclic) bond motifs is 3. The van der Waals surface area contributed by atoms with Crippen molar-refractivity contribution in [3.8, 4) is 34.1 Å². The summed E-state index contributed by atoms with van der Waals surface area (Å²) in [6.07, 6.45) is 7.40. The highest BCUT2D eigenvalue weighted by Crippen LogP contribution is 2.38. The molecule has 3 aliphatic heterocycles. The molecule has 3 aromatic heterocycles. The number of amides is 5. The molecule has 0 fully saturated rings. The Morgan fingerprint density at radius 2 is 0.929 bits per heavy atom. The second kappa shape index (κ2) is 32.4. The van der Waals surface area contributed by atoms with Crippen LogP contribution in [0.2, 0.25) is 0 Å². The van der Waals surface area contributed by atoms with E-state index in [0.717, 1.165) is 95.6 Å². The van der Waals surface area contributed by atoms with E-state index in [2.05, 4.69) is 42.1 Å². The van der Waals surface area contributed by atoms with Gasteiger partial charge in [-0.1, -0.05) is 0 Å². The number of methoxy groups -OCH3 is 4. The predicted molar refractivity (Wildman–Crippen MR) is 340 cm³/mol. The van der Waals surface area contributed by atoms with Crippen LogP contribution >= 0.6 is 43.5 Å². The van der Waals surface area contributed by atoms with Crippen molar-refractivity contribution in [1.82, 2.24) is 53.3 Å². The standard InChI is InChI=1S/C23H32N4O4.C12H16BrN3O2.C11H18BNO4.C9H11BrN2O.C3H6ClNO/c1-24(2)12-19-20(30-6)10-15(11-21(19)31-7)17-13-26(5)22(28)16-8-9-27(14-18(16)17)23(29)25(3)4;1-14(2)12(18)16-5-4-8-9(6-16)10(13)7-15(3)11(8)17;1-13(2)7-9-10(16-3)5-8(12(14)15)6-11(9)17-4;1-12-5-8(10)7-4-11-3-2-6(7)9(12)13;1-5(2)3(4)6/h10-11,13H,8-9,12,14H2,1-7H3;7H,4-6H2,1-3H3;5-6,14-15H,7H2,1-4H3;5,11H,2-4H2,1H3;1-2H3. The molecule has 85 heavy (non-hydrogen) atoms. The third-order valence-corrected chi connectivity index (χ3v) is 15.6. The van der Waals surface area contributed by atoms with Gasteiger partial charge in [0.2, 0.25) is 0 Å². The summed E-state index contributed by atoms with van der Waals surface area (Å²) in [7, 11) is 28.1. The van der Waals surface area contributed by atoms with Crippen molar-refractivity contribution in [3.05, 3.63) is 127 Å². The third-order valence-electron chi connectivity index (χ3n) is 13.9. The van der Waals surface area contributed by atoms with Crippen LogP contribution in [0.15, 0.2) is 66.2 Å². The smallest absolute Gasteiger partial charge is 0.488 e. The summed E-state index contributed by atoms with van der Waals surface area (Å²) in [6, 6.07) is 7.09. The molecule has 0 atom stereocenters. The summed E-state index contributed by atoms with van der Waals surface area (Å²) in [5, 5.41) is 21.2. The molecule has 0 saturated carbocycles. The van der Waals surface area contributed by atoms with Crippen LogP contribution in [0, 0.1) is 0 Å². The molecule has 3 N–H and O–H groups in total. The van der Waals surface area contributed by atoms with E-state index < -0.39 is 12.5 Å². The number of ether oxygens (including phenoxy) is 4. The van der Waals surface area contributed by atoms with Crippen molar-refractivity contribution in [1.29, 1.82) is 0 Å². The second-order valence-electron chi connectivity index (χ2n) is 21.5. The number of hydrogen-bond donors (Lipinski definition) is 3. The van der Waals surface area contributed by atoms with E-state index in [4.69, 9.17) is 30.5 Å². The normalized spacial score (nSPS) is 12.9. The monoisotopic (exact) mass is 1330 g/mol. The third kappa shape index (κ3) is 18.6. The fourth-order valence-electron chi connectivity index (χ4n) is 9.57. The maximum atomic E-state index is 12.8. The first kappa shape index (κ1) is 71.1. The van der Waals surface area contributed by atoms with Gasteiger partial charge in [-0.25, -0.2) is 9.59 Å². The van der Waals surface area contributed by atoms with Gasteiger partial charge in [-0.05, 0) is 149 Å². The van der Waals surface area contributed by atoms with E-state index in [1.807, 2.05) is 57.6 Å². The van der Waals surface area contributed by atoms with Crippen LogP contribution in [0.4, 0.5) is 14.4 Å². The number of benzene rings is 2. The van der Waals surface area contributed by atoms with Gasteiger partial charge in [0, 0.05) is 159 Å². The number of carbonyl (C=O) groups excluding carboxylic acids is 3. The number of hydrogen-bond acceptors (Lipinski definition) is 15. The van der Waals surface area contributed by atoms with Gasteiger partial charge in [-0.3, -0.25) is 19.2 Å². The Balaban J connectivity index is 0.000000247. The van der Waals surface area contributed by atoms with Gasteiger partial charge in [0.25, 0.3) is 16.7 Å². The zero-order chi connectivity index (χ0) is 63.9. The highest BCUT2D eigenvalue weighted by atomic mass is 79.9. The Morgan fingerprint density at radius 3 is 1.31 bits per heavy atom. The quantitative estimate of drug-likeness (QED) is 0.0994. The number of nitrogens with one attached hydrogen (secondary N) is 1. The van der Waals surface area contributed by atoms with E-state index >= 15 is 0 Å². The first-order chi connectivity index (χ1) is 39.9. The van der Waals surface area contributed by atoms with E-state index in [1.54, 1.807) is 143 Å². The first-order valence-corrected chi connectivity index (χ1v) is 29.0. The van der Waals surface area contributed by atoms with E-state index in [-0.39, 0.29) is 28.7 Å². The number of nitrogens with zero attached hydrogens (tertiary/aromatic N) is 10. The molecule has 5 aromatic rings. The molecule has 0 bridgehead atoms. The largest absolute Gasteiger partial charge is 0.496 e. The average Bonchev–Trinajstić information content (AvgIpc) is 3.65. The zero-order valence-corrected chi connectivity index (χ0v) is 55.9. The summed E-state index contributed by atoms with van der Waals surface area (Å²) in [5.41, 5.74) is 9.60. The predicted octanol–water partition coefficient (Wildman–Crippen LogP) is 4.50. The molecule has 6 heterocycles. The molecule has 466 valence electrons. The molecule has 2 aromatic carbocycles. The first-order valence-electron chi connectivity index (χ1n) is 27.0. The molecule has 5 amide bonds. The van der Waals surface area contributed by atoms with E-state index in [0.29, 0.717) is 69.1 Å². The minimum atomic E-state index is -1.54. The molecule has 0 saturated heterocycles. The molecular weight excluding hydrogens is 1250 g/mol. The minimum absolute atomic E-state index is 0.0149. The van der Waals surface area contributed by atoms with E-state index in [9.17, 15) is 38.8 Å². The maximum absolute atomic E-state index is 12.8. The average molecular weight is 1330 g/mol. The number of halogens is 3. The van der Waals surface area contributed by atoms with E-state index in [1.165, 1.54) is 4.90 Å². The van der Waals surface area contributed by atoms with Crippen molar-refractivity contribution >= 4 is 73.5 Å². The fraction of sp³-hybridized carbons (Fsp3) is 0.483. The molecule has 27 heteroatoms. The van der Waals surface area contributed by atoms with Crippen LogP contribution in [0.1, 0.15) is 44.5 Å². The van der Waals surface area contributed by atoms with Gasteiger partial charge in [-0.15, -0.1) is 0 Å². The Labute approximate surface area is 520 Å². The highest BCUT2D eigenvalue weighted by Gasteiger charge is 2.29. The number of pyridine rings is 3. The van der Waals surface area contributed by atoms with Crippen molar-refractivity contribution in [2.45, 2.75) is 52.0 Å². The molecule has 0 spiro atoms. The number of aryl methyl sites for hydroxylation is 3. The summed E-state index contributed by atoms with van der Waals surface area (Å²) >= 11 is 11.8. The Bertz CT molecular complexity index is 3300. The Kier molecular flexibility index (Phi) is 27.1. The van der Waals surface area contributed by atoms with Gasteiger partial charge in [0.15, 0.2) is 0 Å². The van der Waals surface area contributed by atoms with Crippen molar-refractivity contribution in [3.63, 3.8) is 0 Å². The Morgan fingerprint density at radius 1 is 0.565 bits per heavy atom. The summed E-state index contributed by atoms with van der Waals surface area (Å²) in [4.78, 5) is 82.8. The molecule has 3 aliphatic rings. The summed E-state index contributed by atoms with van der Waals surface area (Å²) in [6.45, 7) is 5.01. The molecule has 0 unspecified atom stereocenters. The van der Waals surface area contributed by atoms with Crippen molar-refractivity contribution in [2.24, 2.45) is 21.1 Å². The SMILES string of the molecule is CN(C)C(=O)Cl.CN(C)C(=O)N1CCc2c(c(Br)cn(C)c2=O)C1.COc1cc(-c2cn(C)c(=O)c3c2CN(C(=O)N(C)C)CC3)cc(OC)c1CN(C)C.COc1cc(B(O)O)cc(OC)c1CN(C)C.Cn1cc(Br)c2c(c1=O)CCNC2. The van der Waals surface area contributed by atoms with Crippen LogP contribution in [0.25, 0.3) is 11.1 Å². The van der Waals surface area contributed by atoms with Gasteiger partial charge in [-0.2, -0.15) is 0 Å². The van der Waals surface area contributed by atoms with Crippen molar-refractivity contribution < 1.29 is 43.4 Å². The van der Waals surface area contributed by atoms with Gasteiger partial charge >= 0.3 is 24.5 Å². The van der Waals surface area contributed by atoms with Crippen LogP contribution in [0.3, 0.4) is 0 Å². The van der Waals surface area contributed by atoms with Gasteiger partial charge in [0.1, 0.15) is 23.0 Å². The molecular formula is C58H83BBr2ClN11O12. The lowest BCUT2D eigenvalue weighted by Gasteiger charge is -2.32. The lowest BCUT2D eigenvalue weighted by atomic mass is 9.79. The topological polar surface area (TPSA) is 229 Å². The highest BCUT2D eigenvalue weighted by molar-refractivity contribution is 9.10. The van der Waals surface area contributed by atoms with Crippen molar-refractivity contribution in [2.75, 3.05) is 119 Å². The summed E-state index contributed by atoms with van der Waals surface area (Å²) < 4.78 is 28.6. The van der Waals surface area contributed by atoms with Crippen LogP contribution in [-0.4, -0.2) is 201 Å². The number of carbonyl (C=O) groups is 3. The van der Waals surface area contributed by atoms with Gasteiger partial charge < -0.3 is 82.3 Å². The fourth-order valence-corrected chi connectivity index (χ4v) is 10.9. The Hall–Kier alpha value is -6.39. The molecule has 8 rings (SSSR count). The lowest BCUT2D eigenvalue weighted by Crippen LogP contribution is -2.44. The summed E-state index contributed by atoms with van der Waals surface area (Å²) in [5.74, 6) is 2.62. The maximum Gasteiger partial charge on any atom is 0.488 e. The number of urea groups is 2. The molecule has 23 nitrogen and oxygen atoms in total. The zero-order valence-electron chi connectivity index (χ0n) is 52.0. The second-order valence-corrected chi connectivity index (χ2v) is 23.5.